The normalized spacial score (nSPS) is 13.1. The van der Waals surface area contributed by atoms with Gasteiger partial charge in [0, 0.05) is 6.07 Å². The second-order valence-corrected chi connectivity index (χ2v) is 9.69. The topological polar surface area (TPSA) is 227 Å². The molecular weight excluding hydrogens is 569 g/mol. The first-order valence-electron chi connectivity index (χ1n) is 10.8. The fraction of sp³-hybridized carbons (Fsp3) is 0.333. The summed E-state index contributed by atoms with van der Waals surface area (Å²) in [5.74, 6) is -4.74. The molecule has 1 aromatic carbocycles. The number of rotatable bonds is 12. The molecule has 0 saturated carbocycles. The van der Waals surface area contributed by atoms with E-state index >= 15 is 0 Å². The van der Waals surface area contributed by atoms with Crippen LogP contribution in [0.25, 0.3) is 0 Å². The average molecular weight is 595 g/mol. The van der Waals surface area contributed by atoms with Crippen LogP contribution >= 0.6 is 0 Å². The molecule has 0 bridgehead atoms. The van der Waals surface area contributed by atoms with Crippen molar-refractivity contribution in [1.82, 2.24) is 10.2 Å². The Morgan fingerprint density at radius 3 is 2.27 bits per heavy atom. The van der Waals surface area contributed by atoms with Gasteiger partial charge in [-0.25, -0.2) is 18.7 Å². The Bertz CT molecular complexity index is 1460. The fourth-order valence-electron chi connectivity index (χ4n) is 3.19. The van der Waals surface area contributed by atoms with Crippen LogP contribution in [0.5, 0.6) is 11.5 Å². The monoisotopic (exact) mass is 594 g/mol. The number of nitrogens with one attached hydrogen (secondary N) is 3. The number of primary amides is 1. The summed E-state index contributed by atoms with van der Waals surface area (Å²) in [4.78, 5) is 45.9. The highest BCUT2D eigenvalue weighted by Crippen LogP contribution is 2.31. The lowest BCUT2D eigenvalue weighted by Gasteiger charge is -2.28. The average Bonchev–Trinajstić information content (AvgIpc) is 2.87. The number of hydrogen-bond acceptors (Lipinski definition) is 10. The number of sulfonamides is 1. The van der Waals surface area contributed by atoms with Crippen LogP contribution in [0.15, 0.2) is 40.0 Å². The number of carbonyl (C=O) groups is 2. The highest BCUT2D eigenvalue weighted by Gasteiger charge is 2.44. The molecule has 0 saturated heterocycles. The van der Waals surface area contributed by atoms with Crippen molar-refractivity contribution < 1.29 is 50.3 Å². The van der Waals surface area contributed by atoms with Gasteiger partial charge >= 0.3 is 17.7 Å². The Kier molecular flexibility index (Phi) is 9.60. The van der Waals surface area contributed by atoms with Gasteiger partial charge < -0.3 is 25.8 Å². The molecule has 220 valence electrons. The van der Waals surface area contributed by atoms with Gasteiger partial charge in [0.15, 0.2) is 0 Å². The lowest BCUT2D eigenvalue weighted by Crippen LogP contribution is -2.48. The minimum Gasteiger partial charge on any atom is -0.497 e. The molecule has 15 nitrogen and oxygen atoms in total. The zero-order valence-corrected chi connectivity index (χ0v) is 21.9. The molecule has 2 aromatic rings. The van der Waals surface area contributed by atoms with Crippen molar-refractivity contribution in [2.75, 3.05) is 25.5 Å². The molecule has 7 N–H and O–H groups in total. The summed E-state index contributed by atoms with van der Waals surface area (Å²) >= 11 is 0. The van der Waals surface area contributed by atoms with E-state index in [1.54, 1.807) is 0 Å². The maximum Gasteiger partial charge on any atom is 0.493 e. The lowest BCUT2D eigenvalue weighted by molar-refractivity contribution is -0.200. The van der Waals surface area contributed by atoms with E-state index < -0.39 is 74.3 Å². The summed E-state index contributed by atoms with van der Waals surface area (Å²) in [6, 6.07) is 5.37. The van der Waals surface area contributed by atoms with Crippen molar-refractivity contribution in [2.45, 2.75) is 29.8 Å². The molecule has 2 rings (SSSR count). The number of nitrogens with two attached hydrogens (primary N) is 2. The first kappa shape index (κ1) is 31.7. The predicted molar refractivity (Wildman–Crippen MR) is 131 cm³/mol. The summed E-state index contributed by atoms with van der Waals surface area (Å²) in [5.41, 5.74) is 7.34. The number of anilines is 1. The summed E-state index contributed by atoms with van der Waals surface area (Å²) in [6.07, 6.45) is -6.02. The third-order valence-electron chi connectivity index (χ3n) is 5.35. The van der Waals surface area contributed by atoms with Gasteiger partial charge in [-0.15, -0.1) is 4.73 Å². The largest absolute Gasteiger partial charge is 0.497 e. The van der Waals surface area contributed by atoms with Crippen LogP contribution in [-0.4, -0.2) is 58.0 Å². The highest BCUT2D eigenvalue weighted by atomic mass is 32.2. The molecule has 0 aliphatic heterocycles. The van der Waals surface area contributed by atoms with Crippen molar-refractivity contribution in [3.8, 4) is 11.5 Å². The van der Waals surface area contributed by atoms with Crippen LogP contribution in [0.1, 0.15) is 19.0 Å². The maximum atomic E-state index is 13.2. The van der Waals surface area contributed by atoms with E-state index in [0.29, 0.717) is 0 Å². The summed E-state index contributed by atoms with van der Waals surface area (Å²) in [6.45, 7) is 0.675. The molecule has 0 aliphatic carbocycles. The number of guanidine groups is 1. The van der Waals surface area contributed by atoms with E-state index in [9.17, 15) is 36.0 Å². The number of methoxy groups -OCH3 is 2. The molecule has 0 fully saturated rings. The molecule has 1 heterocycles. The predicted octanol–water partition coefficient (Wildman–Crippen LogP) is -0.268. The molecule has 1 atom stereocenters. The van der Waals surface area contributed by atoms with E-state index in [4.69, 9.17) is 31.2 Å². The van der Waals surface area contributed by atoms with Crippen LogP contribution in [0.2, 0.25) is 0 Å². The minimum absolute atomic E-state index is 0.0896. The number of hydroxylamine groups is 1. The van der Waals surface area contributed by atoms with E-state index in [1.165, 1.54) is 26.4 Å². The number of carbonyl (C=O) groups excluding carboxylic acids is 2. The zero-order chi connectivity index (χ0) is 30.5. The standard InChI is InChI=1S/C21H25F3N6O9S/c1-20(17(25)32,8-9-38-28-19(26)27)15-7-5-12(16(31)30(15)39-18(33)21(22,23)24)29-40(34,35)14-10-11(36-2)4-6-13(14)37-3/h4-7,10,29H,8-9H2,1-3H3,(H2,25,32)(H4,26,27,28). The fourth-order valence-corrected chi connectivity index (χ4v) is 4.43. The van der Waals surface area contributed by atoms with E-state index in [0.717, 1.165) is 25.1 Å². The third kappa shape index (κ3) is 7.11. The molecule has 1 unspecified atom stereocenters. The van der Waals surface area contributed by atoms with Gasteiger partial charge in [0.05, 0.1) is 31.9 Å². The number of amides is 1. The summed E-state index contributed by atoms with van der Waals surface area (Å²) in [7, 11) is -2.23. The second kappa shape index (κ2) is 12.1. The van der Waals surface area contributed by atoms with Crippen molar-refractivity contribution in [2.24, 2.45) is 11.5 Å². The number of benzene rings is 1. The van der Waals surface area contributed by atoms with Gasteiger partial charge in [0.25, 0.3) is 10.0 Å². The Labute approximate surface area is 224 Å². The summed E-state index contributed by atoms with van der Waals surface area (Å²) in [5, 5.41) is 7.05. The van der Waals surface area contributed by atoms with Gasteiger partial charge in [0.1, 0.15) is 22.1 Å². The van der Waals surface area contributed by atoms with Crippen LogP contribution < -0.4 is 41.5 Å². The molecule has 19 heteroatoms. The van der Waals surface area contributed by atoms with Crippen molar-refractivity contribution in [3.63, 3.8) is 0 Å². The van der Waals surface area contributed by atoms with Crippen molar-refractivity contribution >= 4 is 33.5 Å². The Balaban J connectivity index is 2.68. The molecule has 0 aliphatic rings. The number of halogens is 3. The van der Waals surface area contributed by atoms with E-state index in [2.05, 4.69) is 4.84 Å². The van der Waals surface area contributed by atoms with Crippen LogP contribution in [0.3, 0.4) is 0 Å². The number of pyridine rings is 1. The lowest BCUT2D eigenvalue weighted by atomic mass is 9.82. The number of aromatic nitrogens is 1. The number of ether oxygens (including phenoxy) is 2. The zero-order valence-electron chi connectivity index (χ0n) is 21.1. The van der Waals surface area contributed by atoms with Gasteiger partial charge in [-0.05, 0) is 37.6 Å². The molecule has 1 aromatic heterocycles. The van der Waals surface area contributed by atoms with Gasteiger partial charge in [-0.2, -0.15) is 13.2 Å². The smallest absolute Gasteiger partial charge is 0.493 e. The Morgan fingerprint density at radius 1 is 1.10 bits per heavy atom. The maximum absolute atomic E-state index is 13.2. The van der Waals surface area contributed by atoms with Crippen LogP contribution in [0.4, 0.5) is 18.9 Å². The number of hydrogen-bond donors (Lipinski definition) is 5. The minimum atomic E-state index is -5.59. The molecule has 0 spiro atoms. The first-order valence-corrected chi connectivity index (χ1v) is 12.3. The van der Waals surface area contributed by atoms with Crippen molar-refractivity contribution in [1.29, 1.82) is 5.41 Å². The van der Waals surface area contributed by atoms with E-state index in [-0.39, 0.29) is 16.2 Å². The van der Waals surface area contributed by atoms with Gasteiger partial charge in [-0.3, -0.25) is 24.6 Å². The first-order chi connectivity index (χ1) is 18.5. The quantitative estimate of drug-likeness (QED) is 0.0930. The van der Waals surface area contributed by atoms with E-state index in [1.807, 2.05) is 10.2 Å². The molecule has 0 radical (unpaired) electrons. The second-order valence-electron chi connectivity index (χ2n) is 8.04. The molecule has 40 heavy (non-hydrogen) atoms. The van der Waals surface area contributed by atoms with Crippen LogP contribution in [-0.2, 0) is 29.9 Å². The van der Waals surface area contributed by atoms with Crippen molar-refractivity contribution in [3.05, 3.63) is 46.4 Å². The number of alkyl halides is 3. The van der Waals surface area contributed by atoms with Crippen LogP contribution in [0, 0.1) is 5.41 Å². The Morgan fingerprint density at radius 2 is 1.75 bits per heavy atom. The highest BCUT2D eigenvalue weighted by molar-refractivity contribution is 7.92. The van der Waals surface area contributed by atoms with Gasteiger partial charge in [-0.1, -0.05) is 0 Å². The molecular formula is C21H25F3N6O9S. The Hall–Kier alpha value is -4.52. The number of nitrogens with zero attached hydrogens (tertiary/aromatic N) is 1. The third-order valence-corrected chi connectivity index (χ3v) is 6.73. The SMILES string of the molecule is COc1ccc(OC)c(S(=O)(=O)Nc2ccc(C(C)(CCONC(=N)N)C(N)=O)n(OC(=O)C(F)(F)F)c2=O)c1. The van der Waals surface area contributed by atoms with Gasteiger partial charge in [0.2, 0.25) is 11.9 Å². The molecule has 1 amide bonds. The summed E-state index contributed by atoms with van der Waals surface area (Å²) < 4.78 is 77.1.